The summed E-state index contributed by atoms with van der Waals surface area (Å²) in [6.45, 7) is 3.88. The summed E-state index contributed by atoms with van der Waals surface area (Å²) in [5.41, 5.74) is 1.78. The average molecular weight is 422 g/mol. The van der Waals surface area contributed by atoms with Gasteiger partial charge in [-0.3, -0.25) is 0 Å². The van der Waals surface area contributed by atoms with Crippen molar-refractivity contribution >= 4 is 39.0 Å². The van der Waals surface area contributed by atoms with Crippen LogP contribution in [0.3, 0.4) is 0 Å². The predicted molar refractivity (Wildman–Crippen MR) is 114 cm³/mol. The first kappa shape index (κ1) is 20.5. The topological polar surface area (TPSA) is 54.8 Å². The first-order chi connectivity index (χ1) is 13.0. The van der Waals surface area contributed by atoms with Crippen LogP contribution in [0.5, 0.6) is 5.75 Å². The molecular weight excluding hydrogens is 398 g/mol. The molecule has 1 aromatic heterocycles. The fraction of sp³-hybridized carbons (Fsp3) is 0.300. The Balaban J connectivity index is 0.00000225. The minimum atomic E-state index is -3.67. The van der Waals surface area contributed by atoms with Gasteiger partial charge in [0, 0.05) is 43.4 Å². The zero-order valence-corrected chi connectivity index (χ0v) is 17.5. The van der Waals surface area contributed by atoms with Crippen molar-refractivity contribution in [1.82, 2.24) is 8.87 Å². The molecule has 1 saturated heterocycles. The summed E-state index contributed by atoms with van der Waals surface area (Å²) in [4.78, 5) is 4.87. The summed E-state index contributed by atoms with van der Waals surface area (Å²) in [7, 11) is 0.0101. The van der Waals surface area contributed by atoms with E-state index in [0.29, 0.717) is 11.3 Å². The average Bonchev–Trinajstić information content (AvgIpc) is 3.14. The summed E-state index contributed by atoms with van der Waals surface area (Å²) in [6.07, 6.45) is 1.64. The van der Waals surface area contributed by atoms with Crippen molar-refractivity contribution in [3.05, 3.63) is 54.7 Å². The Hall–Kier alpha value is -2.22. The highest BCUT2D eigenvalue weighted by Gasteiger charge is 2.22. The van der Waals surface area contributed by atoms with E-state index in [1.165, 1.54) is 3.97 Å². The van der Waals surface area contributed by atoms with Gasteiger partial charge in [0.1, 0.15) is 5.75 Å². The van der Waals surface area contributed by atoms with Gasteiger partial charge in [-0.2, -0.15) is 0 Å². The van der Waals surface area contributed by atoms with Gasteiger partial charge in [0.2, 0.25) is 0 Å². The van der Waals surface area contributed by atoms with Crippen LogP contribution in [0.25, 0.3) is 10.9 Å². The first-order valence-electron chi connectivity index (χ1n) is 8.94. The van der Waals surface area contributed by atoms with Crippen molar-refractivity contribution in [3.63, 3.8) is 0 Å². The molecule has 4 rings (SSSR count). The van der Waals surface area contributed by atoms with Gasteiger partial charge in [0.15, 0.2) is 0 Å². The predicted octanol–water partition coefficient (Wildman–Crippen LogP) is 3.06. The van der Waals surface area contributed by atoms with Crippen molar-refractivity contribution in [3.8, 4) is 5.75 Å². The molecule has 3 aromatic rings. The van der Waals surface area contributed by atoms with Crippen LogP contribution in [-0.2, 0) is 10.0 Å². The van der Waals surface area contributed by atoms with E-state index in [4.69, 9.17) is 4.74 Å². The number of fused-ring (bicyclic) bond motifs is 1. The second-order valence-electron chi connectivity index (χ2n) is 6.79. The Morgan fingerprint density at radius 3 is 2.25 bits per heavy atom. The molecule has 8 heteroatoms. The minimum absolute atomic E-state index is 0. The number of hydrogen-bond acceptors (Lipinski definition) is 5. The van der Waals surface area contributed by atoms with Gasteiger partial charge >= 0.3 is 0 Å². The highest BCUT2D eigenvalue weighted by atomic mass is 35.5. The molecule has 6 nitrogen and oxygen atoms in total. The van der Waals surface area contributed by atoms with Crippen LogP contribution in [0.2, 0.25) is 0 Å². The van der Waals surface area contributed by atoms with Gasteiger partial charge in [-0.15, -0.1) is 12.4 Å². The zero-order valence-electron chi connectivity index (χ0n) is 15.9. The van der Waals surface area contributed by atoms with Gasteiger partial charge < -0.3 is 14.5 Å². The van der Waals surface area contributed by atoms with Crippen LogP contribution in [0.15, 0.2) is 59.6 Å². The van der Waals surface area contributed by atoms with Crippen LogP contribution in [0.1, 0.15) is 0 Å². The molecule has 1 aliphatic heterocycles. The number of rotatable bonds is 4. The molecule has 0 radical (unpaired) electrons. The number of methoxy groups -OCH3 is 1. The van der Waals surface area contributed by atoms with E-state index < -0.39 is 10.0 Å². The third-order valence-electron chi connectivity index (χ3n) is 5.13. The number of likely N-dealkylation sites (N-methyl/N-ethyl adjacent to an activating group) is 1. The SMILES string of the molecule is COc1ccc(S(=O)(=O)n2ccc3c(N4CCN(C)CC4)cccc32)cc1.Cl. The molecule has 0 unspecified atom stereocenters. The molecule has 28 heavy (non-hydrogen) atoms. The fourth-order valence-corrected chi connectivity index (χ4v) is 4.87. The normalized spacial score (nSPS) is 15.4. The largest absolute Gasteiger partial charge is 0.497 e. The van der Waals surface area contributed by atoms with Crippen molar-refractivity contribution < 1.29 is 13.2 Å². The molecule has 0 atom stereocenters. The number of ether oxygens (including phenoxy) is 1. The van der Waals surface area contributed by atoms with E-state index in [2.05, 4.69) is 22.9 Å². The highest BCUT2D eigenvalue weighted by Crippen LogP contribution is 2.31. The molecule has 0 spiro atoms. The molecule has 0 N–H and O–H groups in total. The molecular formula is C20H24ClN3O3S. The summed E-state index contributed by atoms with van der Waals surface area (Å²) in [6, 6.07) is 14.2. The summed E-state index contributed by atoms with van der Waals surface area (Å²) in [5, 5.41) is 0.958. The van der Waals surface area contributed by atoms with E-state index >= 15 is 0 Å². The van der Waals surface area contributed by atoms with E-state index in [-0.39, 0.29) is 17.3 Å². The minimum Gasteiger partial charge on any atom is -0.497 e. The zero-order chi connectivity index (χ0) is 19.0. The van der Waals surface area contributed by atoms with Crippen molar-refractivity contribution in [2.75, 3.05) is 45.2 Å². The third kappa shape index (κ3) is 3.57. The maximum Gasteiger partial charge on any atom is 0.268 e. The standard InChI is InChI=1S/C20H23N3O3S.ClH/c1-21-12-14-22(15-13-21)19-4-3-5-20-18(19)10-11-23(20)27(24,25)17-8-6-16(26-2)7-9-17;/h3-11H,12-15H2,1-2H3;1H. The van der Waals surface area contributed by atoms with E-state index in [0.717, 1.165) is 37.3 Å². The lowest BCUT2D eigenvalue weighted by molar-refractivity contribution is 0.313. The van der Waals surface area contributed by atoms with Gasteiger partial charge in [-0.1, -0.05) is 6.07 Å². The Bertz CT molecular complexity index is 1060. The van der Waals surface area contributed by atoms with Gasteiger partial charge in [0.25, 0.3) is 10.0 Å². The Morgan fingerprint density at radius 2 is 1.61 bits per heavy atom. The Kier molecular flexibility index (Phi) is 5.88. The lowest BCUT2D eigenvalue weighted by Crippen LogP contribution is -2.44. The number of hydrogen-bond donors (Lipinski definition) is 0. The maximum absolute atomic E-state index is 13.1. The number of nitrogens with zero attached hydrogens (tertiary/aromatic N) is 3. The van der Waals surface area contributed by atoms with Crippen molar-refractivity contribution in [2.24, 2.45) is 0 Å². The number of benzene rings is 2. The van der Waals surface area contributed by atoms with Gasteiger partial charge in [-0.05, 0) is 49.5 Å². The second kappa shape index (κ2) is 8.03. The van der Waals surface area contributed by atoms with Crippen LogP contribution >= 0.6 is 12.4 Å². The summed E-state index contributed by atoms with van der Waals surface area (Å²) >= 11 is 0. The quantitative estimate of drug-likeness (QED) is 0.648. The first-order valence-corrected chi connectivity index (χ1v) is 10.4. The van der Waals surface area contributed by atoms with Crippen molar-refractivity contribution in [1.29, 1.82) is 0 Å². The maximum atomic E-state index is 13.1. The molecule has 0 amide bonds. The molecule has 0 aliphatic carbocycles. The van der Waals surface area contributed by atoms with Crippen LogP contribution in [0, 0.1) is 0 Å². The molecule has 1 fully saturated rings. The highest BCUT2D eigenvalue weighted by molar-refractivity contribution is 7.90. The smallest absolute Gasteiger partial charge is 0.268 e. The third-order valence-corrected chi connectivity index (χ3v) is 6.84. The monoisotopic (exact) mass is 421 g/mol. The number of anilines is 1. The molecule has 150 valence electrons. The van der Waals surface area contributed by atoms with Gasteiger partial charge in [-0.25, -0.2) is 12.4 Å². The van der Waals surface area contributed by atoms with E-state index in [1.807, 2.05) is 18.2 Å². The van der Waals surface area contributed by atoms with Crippen LogP contribution < -0.4 is 9.64 Å². The number of aromatic nitrogens is 1. The summed E-state index contributed by atoms with van der Waals surface area (Å²) < 4.78 is 32.8. The van der Waals surface area contributed by atoms with E-state index in [9.17, 15) is 8.42 Å². The number of halogens is 1. The van der Waals surface area contributed by atoms with Crippen LogP contribution in [0.4, 0.5) is 5.69 Å². The second-order valence-corrected chi connectivity index (χ2v) is 8.61. The molecule has 1 aliphatic rings. The van der Waals surface area contributed by atoms with Gasteiger partial charge in [0.05, 0.1) is 17.5 Å². The molecule has 0 saturated carbocycles. The molecule has 2 aromatic carbocycles. The molecule has 2 heterocycles. The van der Waals surface area contributed by atoms with Crippen molar-refractivity contribution in [2.45, 2.75) is 4.90 Å². The Morgan fingerprint density at radius 1 is 0.929 bits per heavy atom. The lowest BCUT2D eigenvalue weighted by atomic mass is 10.2. The molecule has 0 bridgehead atoms. The Labute approximate surface area is 171 Å². The fourth-order valence-electron chi connectivity index (χ4n) is 3.52. The lowest BCUT2D eigenvalue weighted by Gasteiger charge is -2.34. The summed E-state index contributed by atoms with van der Waals surface area (Å²) in [5.74, 6) is 0.628. The number of piperazine rings is 1. The van der Waals surface area contributed by atoms with Crippen LogP contribution in [-0.4, -0.2) is 57.6 Å². The van der Waals surface area contributed by atoms with E-state index in [1.54, 1.807) is 37.6 Å².